The van der Waals surface area contributed by atoms with Crippen LogP contribution < -0.4 is 5.56 Å². The van der Waals surface area contributed by atoms with Gasteiger partial charge in [-0.15, -0.1) is 0 Å². The largest absolute Gasteiger partial charge is 0.465 e. The first-order valence-corrected chi connectivity index (χ1v) is 9.45. The van der Waals surface area contributed by atoms with Gasteiger partial charge in [0.05, 0.1) is 22.6 Å². The van der Waals surface area contributed by atoms with E-state index in [4.69, 9.17) is 0 Å². The maximum Gasteiger partial charge on any atom is 0.408 e. The van der Waals surface area contributed by atoms with Gasteiger partial charge in [0.1, 0.15) is 5.82 Å². The van der Waals surface area contributed by atoms with Gasteiger partial charge in [-0.25, -0.2) is 18.6 Å². The third-order valence-electron chi connectivity index (χ3n) is 4.89. The first kappa shape index (κ1) is 21.4. The van der Waals surface area contributed by atoms with E-state index in [9.17, 15) is 23.5 Å². The number of aromatic nitrogens is 2. The van der Waals surface area contributed by atoms with E-state index in [0.29, 0.717) is 5.69 Å². The van der Waals surface area contributed by atoms with Gasteiger partial charge in [0.2, 0.25) is 0 Å². The molecule has 3 rings (SSSR count). The monoisotopic (exact) mass is 415 g/mol. The maximum atomic E-state index is 13.6. The number of carbonyl (C=O) groups is 1. The van der Waals surface area contributed by atoms with Crippen LogP contribution in [0.15, 0.2) is 53.3 Å². The zero-order valence-electron chi connectivity index (χ0n) is 17.1. The Labute approximate surface area is 172 Å². The quantitative estimate of drug-likeness (QED) is 0.638. The fraction of sp³-hybridized carbons (Fsp3) is 0.318. The smallest absolute Gasteiger partial charge is 0.408 e. The molecule has 0 fully saturated rings. The summed E-state index contributed by atoms with van der Waals surface area (Å²) >= 11 is 0. The van der Waals surface area contributed by atoms with Crippen molar-refractivity contribution in [3.8, 4) is 5.69 Å². The Kier molecular flexibility index (Phi) is 5.61. The van der Waals surface area contributed by atoms with Crippen LogP contribution in [-0.4, -0.2) is 31.2 Å². The molecule has 0 aliphatic heterocycles. The number of hydrogen-bond donors (Lipinski definition) is 1. The molecule has 1 atom stereocenters. The lowest BCUT2D eigenvalue weighted by Gasteiger charge is -2.38. The highest BCUT2D eigenvalue weighted by atomic mass is 19.3. The highest BCUT2D eigenvalue weighted by Crippen LogP contribution is 2.30. The first-order valence-electron chi connectivity index (χ1n) is 9.45. The van der Waals surface area contributed by atoms with Gasteiger partial charge < -0.3 is 5.11 Å². The third-order valence-corrected chi connectivity index (χ3v) is 4.89. The predicted octanol–water partition coefficient (Wildman–Crippen LogP) is 5.16. The summed E-state index contributed by atoms with van der Waals surface area (Å²) in [6.45, 7) is 6.83. The van der Waals surface area contributed by atoms with Crippen molar-refractivity contribution >= 4 is 17.0 Å². The molecule has 1 N–H and O–H groups in total. The Balaban J connectivity index is 2.42. The van der Waals surface area contributed by atoms with Gasteiger partial charge in [0.25, 0.3) is 12.0 Å². The van der Waals surface area contributed by atoms with E-state index in [0.717, 1.165) is 0 Å². The van der Waals surface area contributed by atoms with Crippen LogP contribution >= 0.6 is 0 Å². The second-order valence-corrected chi connectivity index (χ2v) is 7.99. The van der Waals surface area contributed by atoms with Crippen molar-refractivity contribution in [3.05, 3.63) is 70.3 Å². The summed E-state index contributed by atoms with van der Waals surface area (Å²) in [6.07, 6.45) is -4.02. The highest BCUT2D eigenvalue weighted by molar-refractivity contribution is 5.82. The van der Waals surface area contributed by atoms with E-state index in [1.165, 1.54) is 27.7 Å². The van der Waals surface area contributed by atoms with Crippen LogP contribution in [0, 0.1) is 0 Å². The second kappa shape index (κ2) is 7.85. The molecule has 8 heteroatoms. The number of benzene rings is 2. The molecule has 0 saturated carbocycles. The SMILES string of the molecule is CC(c1nc2cccc(C(F)F)c2c(=O)n1-c1ccccc1)N(C(=O)O)C(C)(C)C. The highest BCUT2D eigenvalue weighted by Gasteiger charge is 2.34. The Morgan fingerprint density at radius 2 is 1.73 bits per heavy atom. The number of carboxylic acid groups (broad SMARTS) is 1. The number of nitrogens with zero attached hydrogens (tertiary/aromatic N) is 3. The van der Waals surface area contributed by atoms with Gasteiger partial charge in [-0.1, -0.05) is 30.3 Å². The van der Waals surface area contributed by atoms with Gasteiger partial charge in [0, 0.05) is 11.1 Å². The summed E-state index contributed by atoms with van der Waals surface area (Å²) < 4.78 is 28.4. The fourth-order valence-corrected chi connectivity index (χ4v) is 3.71. The number of para-hydroxylation sites is 1. The van der Waals surface area contributed by atoms with Crippen molar-refractivity contribution in [2.24, 2.45) is 0 Å². The minimum Gasteiger partial charge on any atom is -0.465 e. The van der Waals surface area contributed by atoms with E-state index < -0.39 is 35.2 Å². The van der Waals surface area contributed by atoms with Crippen molar-refractivity contribution in [1.29, 1.82) is 0 Å². The first-order chi connectivity index (χ1) is 14.0. The molecule has 0 radical (unpaired) electrons. The van der Waals surface area contributed by atoms with E-state index in [1.54, 1.807) is 58.0 Å². The lowest BCUT2D eigenvalue weighted by molar-refractivity contribution is 0.0719. The number of amides is 1. The number of rotatable bonds is 4. The Bertz CT molecular complexity index is 1140. The standard InChI is InChI=1S/C22H23F2N3O3/c1-13(27(21(29)30)22(2,3)4)19-25-16-12-8-11-15(18(23)24)17(16)20(28)26(19)14-9-6-5-7-10-14/h5-13,18H,1-4H3,(H,29,30). The molecule has 30 heavy (non-hydrogen) atoms. The van der Waals surface area contributed by atoms with Gasteiger partial charge in [-0.3, -0.25) is 14.3 Å². The molecule has 1 unspecified atom stereocenters. The molecule has 0 aliphatic carbocycles. The van der Waals surface area contributed by atoms with Crippen molar-refractivity contribution < 1.29 is 18.7 Å². The van der Waals surface area contributed by atoms with E-state index in [1.807, 2.05) is 0 Å². The Hall–Kier alpha value is -3.29. The molecule has 1 aromatic heterocycles. The van der Waals surface area contributed by atoms with Crippen molar-refractivity contribution in [3.63, 3.8) is 0 Å². The lowest BCUT2D eigenvalue weighted by atomic mass is 10.0. The Morgan fingerprint density at radius 3 is 2.27 bits per heavy atom. The molecular formula is C22H23F2N3O3. The molecule has 1 amide bonds. The number of halogens is 2. The van der Waals surface area contributed by atoms with Crippen LogP contribution in [0.4, 0.5) is 13.6 Å². The van der Waals surface area contributed by atoms with Crippen molar-refractivity contribution in [2.75, 3.05) is 0 Å². The van der Waals surface area contributed by atoms with Crippen molar-refractivity contribution in [2.45, 2.75) is 45.7 Å². The van der Waals surface area contributed by atoms with Gasteiger partial charge in [0.15, 0.2) is 0 Å². The molecule has 0 spiro atoms. The van der Waals surface area contributed by atoms with Crippen LogP contribution in [0.25, 0.3) is 16.6 Å². The van der Waals surface area contributed by atoms with Crippen LogP contribution in [0.5, 0.6) is 0 Å². The summed E-state index contributed by atoms with van der Waals surface area (Å²) in [7, 11) is 0. The van der Waals surface area contributed by atoms with Gasteiger partial charge >= 0.3 is 6.09 Å². The van der Waals surface area contributed by atoms with Gasteiger partial charge in [-0.2, -0.15) is 0 Å². The minimum absolute atomic E-state index is 0.103. The average molecular weight is 415 g/mol. The van der Waals surface area contributed by atoms with E-state index in [-0.39, 0.29) is 16.7 Å². The van der Waals surface area contributed by atoms with Crippen LogP contribution in [0.3, 0.4) is 0 Å². The summed E-state index contributed by atoms with van der Waals surface area (Å²) in [5.41, 5.74) is -1.33. The van der Waals surface area contributed by atoms with E-state index in [2.05, 4.69) is 4.98 Å². The zero-order valence-corrected chi connectivity index (χ0v) is 17.1. The lowest BCUT2D eigenvalue weighted by Crippen LogP contribution is -2.47. The summed E-state index contributed by atoms with van der Waals surface area (Å²) in [5, 5.41) is 9.64. The number of hydrogen-bond acceptors (Lipinski definition) is 3. The molecular weight excluding hydrogens is 392 g/mol. The number of fused-ring (bicyclic) bond motifs is 1. The molecule has 6 nitrogen and oxygen atoms in total. The fourth-order valence-electron chi connectivity index (χ4n) is 3.71. The second-order valence-electron chi connectivity index (χ2n) is 7.99. The average Bonchev–Trinajstić information content (AvgIpc) is 2.66. The molecule has 0 bridgehead atoms. The zero-order chi connectivity index (χ0) is 22.2. The molecule has 1 heterocycles. The minimum atomic E-state index is -2.85. The summed E-state index contributed by atoms with van der Waals surface area (Å²) in [4.78, 5) is 31.1. The normalized spacial score (nSPS) is 12.9. The molecule has 158 valence electrons. The predicted molar refractivity (Wildman–Crippen MR) is 110 cm³/mol. The summed E-state index contributed by atoms with van der Waals surface area (Å²) in [6, 6.07) is 11.7. The van der Waals surface area contributed by atoms with Crippen LogP contribution in [-0.2, 0) is 0 Å². The Morgan fingerprint density at radius 1 is 1.10 bits per heavy atom. The molecule has 2 aromatic carbocycles. The van der Waals surface area contributed by atoms with Gasteiger partial charge in [-0.05, 0) is 45.9 Å². The summed E-state index contributed by atoms with van der Waals surface area (Å²) in [5.74, 6) is 0.155. The molecule has 0 aliphatic rings. The van der Waals surface area contributed by atoms with E-state index >= 15 is 0 Å². The van der Waals surface area contributed by atoms with Crippen LogP contribution in [0.2, 0.25) is 0 Å². The third kappa shape index (κ3) is 3.77. The van der Waals surface area contributed by atoms with Crippen LogP contribution in [0.1, 0.15) is 51.6 Å². The number of alkyl halides is 2. The topological polar surface area (TPSA) is 75.4 Å². The van der Waals surface area contributed by atoms with Crippen molar-refractivity contribution in [1.82, 2.24) is 14.5 Å². The maximum absolute atomic E-state index is 13.6. The molecule has 0 saturated heterocycles. The molecule has 3 aromatic rings.